The Balaban J connectivity index is 1.33. The molecule has 2 aliphatic heterocycles. The molecule has 1 saturated heterocycles. The number of hydrogen-bond acceptors (Lipinski definition) is 9. The number of nitrogens with two attached hydrogens (primary N) is 1. The van der Waals surface area contributed by atoms with Crippen LogP contribution in [0.2, 0.25) is 0 Å². The molecule has 2 saturated carbocycles. The van der Waals surface area contributed by atoms with Gasteiger partial charge in [-0.05, 0) is 107 Å². The molecule has 0 aromatic carbocycles. The Morgan fingerprint density at radius 3 is 2.61 bits per heavy atom. The second-order valence-electron chi connectivity index (χ2n) is 14.8. The third-order valence-electron chi connectivity index (χ3n) is 11.5. The van der Waals surface area contributed by atoms with Crippen LogP contribution in [0.4, 0.5) is 0 Å². The Hall–Kier alpha value is -1.78. The predicted octanol–water partition coefficient (Wildman–Crippen LogP) is 5.41. The van der Waals surface area contributed by atoms with Gasteiger partial charge in [0, 0.05) is 39.7 Å². The van der Waals surface area contributed by atoms with Gasteiger partial charge in [-0.15, -0.1) is 4.99 Å². The zero-order valence-electron chi connectivity index (χ0n) is 28.7. The number of rotatable bonds is 17. The number of carbonyl (C=O) groups is 2. The van der Waals surface area contributed by atoms with Gasteiger partial charge in [0.25, 0.3) is 0 Å². The molecule has 0 aromatic rings. The topological polar surface area (TPSA) is 143 Å². The first-order valence-electron chi connectivity index (χ1n) is 18.3. The van der Waals surface area contributed by atoms with E-state index >= 15 is 0 Å². The summed E-state index contributed by atoms with van der Waals surface area (Å²) in [7, 11) is 1.63. The number of carbonyl (C=O) groups excluding carboxylic acids is 2. The Morgan fingerprint density at radius 2 is 1.89 bits per heavy atom. The Bertz CT molecular complexity index is 1010. The van der Waals surface area contributed by atoms with E-state index in [1.165, 1.54) is 24.5 Å². The molecule has 0 bridgehead atoms. The van der Waals surface area contributed by atoms with E-state index in [9.17, 15) is 19.8 Å². The van der Waals surface area contributed by atoms with Crippen LogP contribution in [0.5, 0.6) is 0 Å². The number of esters is 1. The van der Waals surface area contributed by atoms with Gasteiger partial charge in [-0.1, -0.05) is 19.8 Å². The van der Waals surface area contributed by atoms with E-state index in [0.29, 0.717) is 48.9 Å². The maximum atomic E-state index is 13.0. The number of methoxy groups -OCH3 is 1. The van der Waals surface area contributed by atoms with Crippen molar-refractivity contribution in [2.75, 3.05) is 13.7 Å². The van der Waals surface area contributed by atoms with Gasteiger partial charge >= 0.3 is 5.97 Å². The van der Waals surface area contributed by atoms with E-state index < -0.39 is 12.2 Å². The number of Topliss-reactive ketones (excluding diaryl/α,β-unsaturated/α-hetero) is 1. The second-order valence-corrected chi connectivity index (χ2v) is 14.8. The number of piperidine rings is 1. The highest BCUT2D eigenvalue weighted by Gasteiger charge is 2.38. The largest absolute Gasteiger partial charge is 0.462 e. The summed E-state index contributed by atoms with van der Waals surface area (Å²) in [5, 5.41) is 24.0. The SMILES string of the molecule is CCC(CCC(CC(=O)CCC1CCC(O)C(OC)C1)OC(C)=O)CC1=C(CC(C2CCCC(O)C2)C2CCNC(N)C2)[CH+]N=C1. The van der Waals surface area contributed by atoms with Gasteiger partial charge in [-0.2, -0.15) is 0 Å². The molecule has 3 fully saturated rings. The fraction of sp³-hybridized carbons (Fsp3) is 0.838. The number of ketones is 1. The Labute approximate surface area is 277 Å². The van der Waals surface area contributed by atoms with Gasteiger partial charge < -0.3 is 30.7 Å². The third kappa shape index (κ3) is 11.4. The molecule has 2 heterocycles. The molecule has 9 heteroatoms. The van der Waals surface area contributed by atoms with Gasteiger partial charge in [0.1, 0.15) is 24.0 Å². The van der Waals surface area contributed by atoms with E-state index in [4.69, 9.17) is 15.2 Å². The molecule has 10 atom stereocenters. The van der Waals surface area contributed by atoms with Crippen LogP contribution in [0.25, 0.3) is 0 Å². The van der Waals surface area contributed by atoms with E-state index in [1.54, 1.807) is 7.11 Å². The van der Waals surface area contributed by atoms with Crippen molar-refractivity contribution in [1.29, 1.82) is 0 Å². The fourth-order valence-electron chi connectivity index (χ4n) is 8.74. The molecule has 9 nitrogen and oxygen atoms in total. The molecule has 2 aliphatic carbocycles. The average Bonchev–Trinajstić information content (AvgIpc) is 3.47. The molecule has 0 spiro atoms. The number of aliphatic hydroxyl groups is 2. The molecule has 260 valence electrons. The maximum Gasteiger partial charge on any atom is 0.302 e. The molecule has 10 unspecified atom stereocenters. The lowest BCUT2D eigenvalue weighted by Crippen LogP contribution is -2.47. The summed E-state index contributed by atoms with van der Waals surface area (Å²) in [5.41, 5.74) is 8.98. The highest BCUT2D eigenvalue weighted by molar-refractivity contribution is 5.84. The van der Waals surface area contributed by atoms with Crippen molar-refractivity contribution < 1.29 is 29.3 Å². The fourth-order valence-corrected chi connectivity index (χ4v) is 8.74. The van der Waals surface area contributed by atoms with Crippen molar-refractivity contribution in [3.8, 4) is 0 Å². The van der Waals surface area contributed by atoms with Crippen molar-refractivity contribution in [2.45, 2.75) is 154 Å². The van der Waals surface area contributed by atoms with Crippen molar-refractivity contribution in [3.05, 3.63) is 17.7 Å². The zero-order valence-corrected chi connectivity index (χ0v) is 28.7. The van der Waals surface area contributed by atoms with Crippen molar-refractivity contribution in [3.63, 3.8) is 0 Å². The molecule has 0 radical (unpaired) electrons. The van der Waals surface area contributed by atoms with E-state index in [0.717, 1.165) is 83.6 Å². The number of hydrogen-bond donors (Lipinski definition) is 4. The van der Waals surface area contributed by atoms with E-state index in [1.807, 2.05) is 6.21 Å². The minimum absolute atomic E-state index is 0.0397. The minimum Gasteiger partial charge on any atom is -0.462 e. The van der Waals surface area contributed by atoms with Crippen LogP contribution in [0.3, 0.4) is 0 Å². The lowest BCUT2D eigenvalue weighted by atomic mass is 9.68. The number of allylic oxidation sites excluding steroid dienone is 1. The standard InChI is InChI=1S/C37H62N3O6/c1-4-25(9-12-33(46-24(2)41)21-32(43)11-8-26-10-13-35(44)36(17-26)45-3)16-29-22-39-23-30(29)19-34(27-6-5-7-31(42)18-27)28-14-15-40-37(38)20-28/h22-23,25-28,31,33-37,40,42,44H,4-21,38H2,1-3H3/q+1. The summed E-state index contributed by atoms with van der Waals surface area (Å²) in [6.45, 7) is 6.64. The van der Waals surface area contributed by atoms with Crippen LogP contribution < -0.4 is 11.1 Å². The van der Waals surface area contributed by atoms with Crippen molar-refractivity contribution in [1.82, 2.24) is 5.32 Å². The quantitative estimate of drug-likeness (QED) is 0.122. The molecule has 0 aromatic heterocycles. The first-order valence-corrected chi connectivity index (χ1v) is 18.3. The van der Waals surface area contributed by atoms with Gasteiger partial charge in [-0.25, -0.2) is 0 Å². The summed E-state index contributed by atoms with van der Waals surface area (Å²) in [6, 6.07) is 0. The zero-order chi connectivity index (χ0) is 33.1. The van der Waals surface area contributed by atoms with E-state index in [-0.39, 0.29) is 36.5 Å². The summed E-state index contributed by atoms with van der Waals surface area (Å²) in [5.74, 6) is 2.12. The predicted molar refractivity (Wildman–Crippen MR) is 181 cm³/mol. The summed E-state index contributed by atoms with van der Waals surface area (Å²) in [6.07, 6.45) is 15.4. The first-order chi connectivity index (χ1) is 22.1. The van der Waals surface area contributed by atoms with Gasteiger partial charge in [0.05, 0.1) is 30.1 Å². The molecular weight excluding hydrogens is 582 g/mol. The number of aliphatic hydroxyl groups excluding tert-OH is 2. The van der Waals surface area contributed by atoms with Crippen LogP contribution >= 0.6 is 0 Å². The number of aliphatic imine (C=N–C) groups is 1. The van der Waals surface area contributed by atoms with Gasteiger partial charge in [0.15, 0.2) is 6.21 Å². The monoisotopic (exact) mass is 644 g/mol. The minimum atomic E-state index is -0.419. The molecule has 4 rings (SSSR count). The highest BCUT2D eigenvalue weighted by Crippen LogP contribution is 2.43. The van der Waals surface area contributed by atoms with Gasteiger partial charge in [0.2, 0.25) is 0 Å². The van der Waals surface area contributed by atoms with Crippen LogP contribution in [-0.4, -0.2) is 72.4 Å². The molecular formula is C37H62N3O6+. The first kappa shape index (κ1) is 37.0. The lowest BCUT2D eigenvalue weighted by molar-refractivity contribution is -0.148. The smallest absolute Gasteiger partial charge is 0.302 e. The third-order valence-corrected chi connectivity index (χ3v) is 11.5. The van der Waals surface area contributed by atoms with Crippen LogP contribution in [0, 0.1) is 36.1 Å². The number of nitrogens with one attached hydrogen (secondary N) is 1. The van der Waals surface area contributed by atoms with Crippen molar-refractivity contribution in [2.24, 2.45) is 40.3 Å². The molecule has 0 amide bonds. The lowest BCUT2D eigenvalue weighted by Gasteiger charge is -2.40. The van der Waals surface area contributed by atoms with Crippen molar-refractivity contribution >= 4 is 18.0 Å². The van der Waals surface area contributed by atoms with Crippen LogP contribution in [-0.2, 0) is 19.1 Å². The average molecular weight is 645 g/mol. The molecule has 5 N–H and O–H groups in total. The van der Waals surface area contributed by atoms with E-state index in [2.05, 4.69) is 23.8 Å². The van der Waals surface area contributed by atoms with Crippen LogP contribution in [0.15, 0.2) is 16.1 Å². The second kappa shape index (κ2) is 18.7. The highest BCUT2D eigenvalue weighted by atomic mass is 16.5. The Morgan fingerprint density at radius 1 is 1.09 bits per heavy atom. The molecule has 46 heavy (non-hydrogen) atoms. The normalized spacial score (nSPS) is 32.1. The van der Waals surface area contributed by atoms with Gasteiger partial charge in [-0.3, -0.25) is 9.59 Å². The maximum absolute atomic E-state index is 13.0. The molecule has 4 aliphatic rings. The summed E-state index contributed by atoms with van der Waals surface area (Å²) >= 11 is 0. The van der Waals surface area contributed by atoms with Crippen LogP contribution in [0.1, 0.15) is 123 Å². The number of ether oxygens (including phenoxy) is 2. The summed E-state index contributed by atoms with van der Waals surface area (Å²) in [4.78, 5) is 29.6. The number of nitrogens with zero attached hydrogens (tertiary/aromatic N) is 1. The Kier molecular flexibility index (Phi) is 15.0. The summed E-state index contributed by atoms with van der Waals surface area (Å²) < 4.78 is 11.1.